The summed E-state index contributed by atoms with van der Waals surface area (Å²) in [6, 6.07) is 8.32. The van der Waals surface area contributed by atoms with Gasteiger partial charge >= 0.3 is 0 Å². The van der Waals surface area contributed by atoms with Gasteiger partial charge in [-0.25, -0.2) is 19.3 Å². The third kappa shape index (κ3) is 2.87. The topological polar surface area (TPSA) is 75.1 Å². The monoisotopic (exact) mass is 398 g/mol. The first-order chi connectivity index (χ1) is 13.2. The molecule has 0 aliphatic carbocycles. The van der Waals surface area contributed by atoms with Crippen molar-refractivity contribution in [3.05, 3.63) is 52.5 Å². The van der Waals surface area contributed by atoms with E-state index in [1.807, 2.05) is 12.1 Å². The van der Waals surface area contributed by atoms with Crippen molar-refractivity contribution in [2.24, 2.45) is 4.99 Å². The summed E-state index contributed by atoms with van der Waals surface area (Å²) in [6.45, 7) is 1.58. The number of amidine groups is 1. The number of rotatable bonds is 3. The van der Waals surface area contributed by atoms with Crippen molar-refractivity contribution < 1.29 is 4.39 Å². The van der Waals surface area contributed by atoms with Crippen LogP contribution in [0.2, 0.25) is 5.02 Å². The Morgan fingerprint density at radius 1 is 1.15 bits per heavy atom. The van der Waals surface area contributed by atoms with Crippen LogP contribution in [0.1, 0.15) is 5.01 Å². The van der Waals surface area contributed by atoms with Gasteiger partial charge in [0, 0.05) is 12.2 Å². The molecule has 1 aliphatic rings. The van der Waals surface area contributed by atoms with E-state index in [-0.39, 0.29) is 5.02 Å². The molecule has 2 aromatic carbocycles. The van der Waals surface area contributed by atoms with Crippen LogP contribution in [0, 0.1) is 5.82 Å². The summed E-state index contributed by atoms with van der Waals surface area (Å²) in [7, 11) is 0. The molecule has 9 heteroatoms. The first-order valence-electron chi connectivity index (χ1n) is 8.24. The Morgan fingerprint density at radius 3 is 2.85 bits per heavy atom. The second-order valence-electron chi connectivity index (χ2n) is 5.96. The number of fused-ring (bicyclic) bond motifs is 3. The van der Waals surface area contributed by atoms with Crippen LogP contribution in [0.25, 0.3) is 21.1 Å². The number of thiazole rings is 1. The number of benzene rings is 2. The molecule has 3 heterocycles. The fraction of sp³-hybridized carbons (Fsp3) is 0.111. The minimum Gasteiger partial charge on any atom is -0.366 e. The minimum atomic E-state index is -0.464. The summed E-state index contributed by atoms with van der Waals surface area (Å²) in [5, 5.41) is 8.22. The van der Waals surface area contributed by atoms with Crippen molar-refractivity contribution in [2.45, 2.75) is 0 Å². The van der Waals surface area contributed by atoms with Gasteiger partial charge in [0.05, 0.1) is 32.7 Å². The zero-order chi connectivity index (χ0) is 18.4. The highest BCUT2D eigenvalue weighted by Crippen LogP contribution is 2.35. The molecule has 0 unspecified atom stereocenters. The molecule has 0 bridgehead atoms. The molecule has 27 heavy (non-hydrogen) atoms. The van der Waals surface area contributed by atoms with Crippen molar-refractivity contribution >= 4 is 61.4 Å². The molecule has 5 rings (SSSR count). The van der Waals surface area contributed by atoms with E-state index in [0.29, 0.717) is 11.5 Å². The van der Waals surface area contributed by atoms with Crippen molar-refractivity contribution in [2.75, 3.05) is 18.4 Å². The molecule has 134 valence electrons. The number of hydrogen-bond donors (Lipinski definition) is 2. The van der Waals surface area contributed by atoms with E-state index in [1.165, 1.54) is 18.5 Å². The van der Waals surface area contributed by atoms with Gasteiger partial charge in [-0.2, -0.15) is 0 Å². The lowest BCUT2D eigenvalue weighted by atomic mass is 10.2. The second-order valence-corrected chi connectivity index (χ2v) is 7.37. The third-order valence-corrected chi connectivity index (χ3v) is 5.60. The fourth-order valence-corrected chi connectivity index (χ4v) is 4.25. The van der Waals surface area contributed by atoms with Gasteiger partial charge in [-0.3, -0.25) is 4.99 Å². The maximum absolute atomic E-state index is 13.4. The number of anilines is 2. The lowest BCUT2D eigenvalue weighted by Gasteiger charge is -2.09. The average molecular weight is 399 g/mol. The summed E-state index contributed by atoms with van der Waals surface area (Å²) in [5.74, 6) is 0.972. The van der Waals surface area contributed by atoms with E-state index in [0.717, 1.165) is 45.1 Å². The maximum atomic E-state index is 13.4. The molecular weight excluding hydrogens is 387 g/mol. The lowest BCUT2D eigenvalue weighted by Crippen LogP contribution is -2.18. The van der Waals surface area contributed by atoms with Crippen LogP contribution in [-0.4, -0.2) is 33.9 Å². The highest BCUT2D eigenvalue weighted by Gasteiger charge is 2.17. The Bertz CT molecular complexity index is 1220. The van der Waals surface area contributed by atoms with Crippen molar-refractivity contribution in [3.8, 4) is 0 Å². The second kappa shape index (κ2) is 6.40. The first kappa shape index (κ1) is 16.3. The van der Waals surface area contributed by atoms with Crippen LogP contribution in [0.15, 0.2) is 41.7 Å². The third-order valence-electron chi connectivity index (χ3n) is 4.22. The standard InChI is InChI=1S/C18H12ClFN6S/c19-10-7-9(1-2-11(10)20)25-16-14-12(23-8-24-16)3-4-13-15(14)27-18(26-13)17-21-5-6-22-17/h1-4,7-8H,5-6H2,(H,21,22)(H,23,24,25). The molecule has 4 aromatic rings. The minimum absolute atomic E-state index is 0.0499. The number of nitrogens with one attached hydrogen (secondary N) is 2. The van der Waals surface area contributed by atoms with E-state index in [9.17, 15) is 4.39 Å². The largest absolute Gasteiger partial charge is 0.366 e. The number of nitrogens with zero attached hydrogens (tertiary/aromatic N) is 4. The van der Waals surface area contributed by atoms with Crippen LogP contribution >= 0.6 is 22.9 Å². The Kier molecular flexibility index (Phi) is 3.87. The van der Waals surface area contributed by atoms with Gasteiger partial charge < -0.3 is 10.6 Å². The molecule has 0 amide bonds. The molecule has 0 saturated carbocycles. The van der Waals surface area contributed by atoms with Gasteiger partial charge in [-0.1, -0.05) is 11.6 Å². The first-order valence-corrected chi connectivity index (χ1v) is 9.43. The SMILES string of the molecule is Fc1ccc(Nc2ncnc3ccc4nc(C5=NCCN5)sc4c23)cc1Cl. The summed E-state index contributed by atoms with van der Waals surface area (Å²) in [5.41, 5.74) is 2.29. The summed E-state index contributed by atoms with van der Waals surface area (Å²) >= 11 is 7.44. The van der Waals surface area contributed by atoms with Crippen molar-refractivity contribution in [1.29, 1.82) is 0 Å². The molecule has 1 aliphatic heterocycles. The van der Waals surface area contributed by atoms with E-state index < -0.39 is 5.82 Å². The summed E-state index contributed by atoms with van der Waals surface area (Å²) in [6.07, 6.45) is 1.49. The zero-order valence-corrected chi connectivity index (χ0v) is 15.4. The Balaban J connectivity index is 1.67. The molecular formula is C18H12ClFN6S. The lowest BCUT2D eigenvalue weighted by molar-refractivity contribution is 0.628. The van der Waals surface area contributed by atoms with Gasteiger partial charge in [-0.05, 0) is 30.3 Å². The molecule has 0 saturated heterocycles. The van der Waals surface area contributed by atoms with Gasteiger partial charge in [0.1, 0.15) is 18.0 Å². The van der Waals surface area contributed by atoms with Crippen LogP contribution in [0.4, 0.5) is 15.9 Å². The molecule has 2 aromatic heterocycles. The Morgan fingerprint density at radius 2 is 2.04 bits per heavy atom. The van der Waals surface area contributed by atoms with Crippen LogP contribution in [-0.2, 0) is 0 Å². The highest BCUT2D eigenvalue weighted by molar-refractivity contribution is 7.21. The van der Waals surface area contributed by atoms with Crippen LogP contribution < -0.4 is 10.6 Å². The fourth-order valence-electron chi connectivity index (χ4n) is 2.98. The molecule has 0 radical (unpaired) electrons. The highest BCUT2D eigenvalue weighted by atomic mass is 35.5. The van der Waals surface area contributed by atoms with Crippen molar-refractivity contribution in [1.82, 2.24) is 20.3 Å². The molecule has 0 fully saturated rings. The quantitative estimate of drug-likeness (QED) is 0.542. The molecule has 2 N–H and O–H groups in total. The number of hydrogen-bond acceptors (Lipinski definition) is 7. The van der Waals surface area contributed by atoms with Gasteiger partial charge in [0.2, 0.25) is 0 Å². The van der Waals surface area contributed by atoms with Gasteiger partial charge in [-0.15, -0.1) is 11.3 Å². The number of halogens is 2. The maximum Gasteiger partial charge on any atom is 0.159 e. The predicted molar refractivity (Wildman–Crippen MR) is 107 cm³/mol. The van der Waals surface area contributed by atoms with Gasteiger partial charge in [0.15, 0.2) is 10.8 Å². The smallest absolute Gasteiger partial charge is 0.159 e. The Labute approximate surface area is 162 Å². The average Bonchev–Trinajstić information content (AvgIpc) is 3.34. The van der Waals surface area contributed by atoms with Crippen LogP contribution in [0.5, 0.6) is 0 Å². The van der Waals surface area contributed by atoms with E-state index >= 15 is 0 Å². The molecule has 0 atom stereocenters. The van der Waals surface area contributed by atoms with Crippen LogP contribution in [0.3, 0.4) is 0 Å². The van der Waals surface area contributed by atoms with E-state index in [1.54, 1.807) is 17.4 Å². The predicted octanol–water partition coefficient (Wildman–Crippen LogP) is 4.13. The Hall–Kier alpha value is -2.84. The molecule has 6 nitrogen and oxygen atoms in total. The normalized spacial score (nSPS) is 13.8. The summed E-state index contributed by atoms with van der Waals surface area (Å²) < 4.78 is 14.4. The summed E-state index contributed by atoms with van der Waals surface area (Å²) in [4.78, 5) is 17.9. The van der Waals surface area contributed by atoms with Gasteiger partial charge in [0.25, 0.3) is 0 Å². The van der Waals surface area contributed by atoms with E-state index in [2.05, 4.69) is 30.6 Å². The number of aliphatic imine (C=N–C) groups is 1. The zero-order valence-electron chi connectivity index (χ0n) is 13.8. The molecule has 0 spiro atoms. The van der Waals surface area contributed by atoms with Crippen molar-refractivity contribution in [3.63, 3.8) is 0 Å². The number of aromatic nitrogens is 3. The van der Waals surface area contributed by atoms with E-state index in [4.69, 9.17) is 11.6 Å².